The molecule has 4 nitrogen and oxygen atoms in total. The van der Waals surface area contributed by atoms with Crippen molar-refractivity contribution in [3.63, 3.8) is 0 Å². The maximum atomic E-state index is 8.88. The van der Waals surface area contributed by atoms with Gasteiger partial charge in [-0.15, -0.1) is 0 Å². The molecule has 5 heteroatoms. The van der Waals surface area contributed by atoms with Crippen molar-refractivity contribution in [1.29, 1.82) is 5.26 Å². The second-order valence-corrected chi connectivity index (χ2v) is 4.65. The van der Waals surface area contributed by atoms with Crippen LogP contribution in [0, 0.1) is 11.3 Å². The highest BCUT2D eigenvalue weighted by Gasteiger charge is 2.09. The van der Waals surface area contributed by atoms with Crippen molar-refractivity contribution in [1.82, 2.24) is 4.98 Å². The number of hydrogen-bond donors (Lipinski definition) is 1. The second kappa shape index (κ2) is 5.59. The first-order valence-corrected chi connectivity index (χ1v) is 6.09. The molecule has 1 aromatic carbocycles. The Hall–Kier alpha value is -2.25. The summed E-state index contributed by atoms with van der Waals surface area (Å²) in [6, 6.07) is 11.2. The second-order valence-electron chi connectivity index (χ2n) is 4.24. The fourth-order valence-electron chi connectivity index (χ4n) is 1.81. The van der Waals surface area contributed by atoms with E-state index in [9.17, 15) is 0 Å². The first-order valence-electron chi connectivity index (χ1n) is 5.71. The van der Waals surface area contributed by atoms with Crippen molar-refractivity contribution >= 4 is 23.1 Å². The van der Waals surface area contributed by atoms with E-state index in [-0.39, 0.29) is 0 Å². The van der Waals surface area contributed by atoms with Gasteiger partial charge in [-0.3, -0.25) is 0 Å². The van der Waals surface area contributed by atoms with E-state index in [1.165, 1.54) is 0 Å². The smallest absolute Gasteiger partial charge is 0.147 e. The molecule has 96 valence electrons. The van der Waals surface area contributed by atoms with Crippen molar-refractivity contribution in [2.24, 2.45) is 0 Å². The van der Waals surface area contributed by atoms with Crippen molar-refractivity contribution < 1.29 is 0 Å². The van der Waals surface area contributed by atoms with Gasteiger partial charge in [-0.2, -0.15) is 5.26 Å². The van der Waals surface area contributed by atoms with E-state index in [1.807, 2.05) is 30.1 Å². The summed E-state index contributed by atoms with van der Waals surface area (Å²) in [6.45, 7) is 0.617. The van der Waals surface area contributed by atoms with Crippen molar-refractivity contribution in [2.45, 2.75) is 6.54 Å². The van der Waals surface area contributed by atoms with E-state index in [0.29, 0.717) is 28.6 Å². The fourth-order valence-corrected chi connectivity index (χ4v) is 2.13. The summed E-state index contributed by atoms with van der Waals surface area (Å²) in [5, 5.41) is 9.39. The molecular weight excluding hydrogens is 260 g/mol. The predicted octanol–water partition coefficient (Wildman–Crippen LogP) is 2.83. The van der Waals surface area contributed by atoms with Crippen molar-refractivity contribution in [3.8, 4) is 6.07 Å². The Morgan fingerprint density at radius 2 is 2.21 bits per heavy atom. The summed E-state index contributed by atoms with van der Waals surface area (Å²) in [7, 11) is 1.89. The Morgan fingerprint density at radius 1 is 1.42 bits per heavy atom. The third-order valence-electron chi connectivity index (χ3n) is 2.68. The molecule has 1 heterocycles. The van der Waals surface area contributed by atoms with Gasteiger partial charge < -0.3 is 10.6 Å². The molecule has 0 fully saturated rings. The molecule has 2 aromatic rings. The van der Waals surface area contributed by atoms with Crippen LogP contribution in [0.1, 0.15) is 11.1 Å². The topological polar surface area (TPSA) is 65.9 Å². The summed E-state index contributed by atoms with van der Waals surface area (Å²) in [5.41, 5.74) is 7.82. The molecule has 0 aliphatic heterocycles. The molecule has 0 atom stereocenters. The van der Waals surface area contributed by atoms with Crippen molar-refractivity contribution in [2.75, 3.05) is 17.7 Å². The quantitative estimate of drug-likeness (QED) is 0.933. The molecule has 0 aliphatic rings. The first-order chi connectivity index (χ1) is 9.10. The number of pyridine rings is 1. The minimum Gasteiger partial charge on any atom is -0.397 e. The minimum atomic E-state index is 0.513. The standard InChI is InChI=1S/C14H13ClN4/c1-19(14-13(15)6-12(17)8-18-14)9-11-4-2-3-10(5-11)7-16/h2-6,8H,9,17H2,1H3. The number of anilines is 2. The van der Waals surface area contributed by atoms with E-state index in [2.05, 4.69) is 11.1 Å². The van der Waals surface area contributed by atoms with E-state index >= 15 is 0 Å². The number of nitrogens with zero attached hydrogens (tertiary/aromatic N) is 3. The number of nitriles is 1. The summed E-state index contributed by atoms with van der Waals surface area (Å²) in [5.74, 6) is 0.665. The highest BCUT2D eigenvalue weighted by molar-refractivity contribution is 6.33. The van der Waals surface area contributed by atoms with Gasteiger partial charge in [-0.25, -0.2) is 4.98 Å². The Balaban J connectivity index is 2.20. The van der Waals surface area contributed by atoms with Crippen LogP contribution in [0.25, 0.3) is 0 Å². The average molecular weight is 273 g/mol. The lowest BCUT2D eigenvalue weighted by Crippen LogP contribution is -2.18. The third-order valence-corrected chi connectivity index (χ3v) is 2.96. The number of halogens is 1. The van der Waals surface area contributed by atoms with Gasteiger partial charge in [0.25, 0.3) is 0 Å². The van der Waals surface area contributed by atoms with Crippen LogP contribution in [0.3, 0.4) is 0 Å². The highest BCUT2D eigenvalue weighted by atomic mass is 35.5. The number of aromatic nitrogens is 1. The van der Waals surface area contributed by atoms with Crippen LogP contribution in [0.2, 0.25) is 5.02 Å². The largest absolute Gasteiger partial charge is 0.397 e. The summed E-state index contributed by atoms with van der Waals surface area (Å²) >= 11 is 6.11. The normalized spacial score (nSPS) is 9.95. The lowest BCUT2D eigenvalue weighted by atomic mass is 10.1. The van der Waals surface area contributed by atoms with E-state index in [4.69, 9.17) is 22.6 Å². The average Bonchev–Trinajstić information content (AvgIpc) is 2.38. The van der Waals surface area contributed by atoms with Gasteiger partial charge in [0.1, 0.15) is 5.82 Å². The summed E-state index contributed by atoms with van der Waals surface area (Å²) in [4.78, 5) is 6.14. The molecular formula is C14H13ClN4. The van der Waals surface area contributed by atoms with Crippen LogP contribution in [-0.4, -0.2) is 12.0 Å². The van der Waals surface area contributed by atoms with Crippen LogP contribution in [0.5, 0.6) is 0 Å². The molecule has 2 N–H and O–H groups in total. The molecule has 0 bridgehead atoms. The van der Waals surface area contributed by atoms with E-state index < -0.39 is 0 Å². The molecule has 0 amide bonds. The molecule has 1 aromatic heterocycles. The molecule has 0 radical (unpaired) electrons. The zero-order valence-electron chi connectivity index (χ0n) is 10.5. The van der Waals surface area contributed by atoms with E-state index in [1.54, 1.807) is 18.3 Å². The fraction of sp³-hybridized carbons (Fsp3) is 0.143. The molecule has 0 aliphatic carbocycles. The molecule has 0 saturated heterocycles. The van der Waals surface area contributed by atoms with Gasteiger partial charge >= 0.3 is 0 Å². The van der Waals surface area contributed by atoms with Crippen molar-refractivity contribution in [3.05, 3.63) is 52.7 Å². The molecule has 2 rings (SSSR count). The Labute approximate surface area is 117 Å². The van der Waals surface area contributed by atoms with Gasteiger partial charge in [0.2, 0.25) is 0 Å². The number of hydrogen-bond acceptors (Lipinski definition) is 4. The molecule has 0 spiro atoms. The summed E-state index contributed by atoms with van der Waals surface area (Å²) in [6.07, 6.45) is 1.57. The van der Waals surface area contributed by atoms with Gasteiger partial charge in [0.15, 0.2) is 0 Å². The number of rotatable bonds is 3. The predicted molar refractivity (Wildman–Crippen MR) is 76.9 cm³/mol. The minimum absolute atomic E-state index is 0.513. The Kier molecular flexibility index (Phi) is 3.88. The maximum Gasteiger partial charge on any atom is 0.147 e. The van der Waals surface area contributed by atoms with Crippen LogP contribution in [-0.2, 0) is 6.54 Å². The van der Waals surface area contributed by atoms with Gasteiger partial charge in [-0.1, -0.05) is 23.7 Å². The van der Waals surface area contributed by atoms with Crippen LogP contribution >= 0.6 is 11.6 Å². The summed E-state index contributed by atoms with van der Waals surface area (Å²) < 4.78 is 0. The van der Waals surface area contributed by atoms with Gasteiger partial charge in [0, 0.05) is 13.6 Å². The first kappa shape index (κ1) is 13.2. The third kappa shape index (κ3) is 3.15. The van der Waals surface area contributed by atoms with E-state index in [0.717, 1.165) is 5.56 Å². The molecule has 0 unspecified atom stereocenters. The molecule has 0 saturated carbocycles. The number of benzene rings is 1. The Bertz CT molecular complexity index is 634. The maximum absolute atomic E-state index is 8.88. The Morgan fingerprint density at radius 3 is 2.89 bits per heavy atom. The monoisotopic (exact) mass is 272 g/mol. The zero-order chi connectivity index (χ0) is 13.8. The highest BCUT2D eigenvalue weighted by Crippen LogP contribution is 2.25. The lowest BCUT2D eigenvalue weighted by Gasteiger charge is -2.19. The number of nitrogens with two attached hydrogens (primary N) is 1. The lowest BCUT2D eigenvalue weighted by molar-refractivity contribution is 0.898. The van der Waals surface area contributed by atoms with Gasteiger partial charge in [0.05, 0.1) is 28.5 Å². The SMILES string of the molecule is CN(Cc1cccc(C#N)c1)c1ncc(N)cc1Cl. The molecule has 19 heavy (non-hydrogen) atoms. The van der Waals surface area contributed by atoms with Crippen LogP contribution < -0.4 is 10.6 Å². The number of nitrogen functional groups attached to an aromatic ring is 1. The zero-order valence-corrected chi connectivity index (χ0v) is 11.2. The van der Waals surface area contributed by atoms with Crippen LogP contribution in [0.15, 0.2) is 36.5 Å². The van der Waals surface area contributed by atoms with Gasteiger partial charge in [-0.05, 0) is 23.8 Å². The van der Waals surface area contributed by atoms with Crippen LogP contribution in [0.4, 0.5) is 11.5 Å².